The fourth-order valence-corrected chi connectivity index (χ4v) is 4.68. The van der Waals surface area contributed by atoms with E-state index in [1.807, 2.05) is 0 Å². The van der Waals surface area contributed by atoms with Crippen molar-refractivity contribution in [3.05, 3.63) is 0 Å². The van der Waals surface area contributed by atoms with E-state index >= 15 is 0 Å². The van der Waals surface area contributed by atoms with Crippen LogP contribution in [0.4, 0.5) is 0 Å². The van der Waals surface area contributed by atoms with Crippen LogP contribution in [0.2, 0.25) is 0 Å². The van der Waals surface area contributed by atoms with Crippen LogP contribution in [0.25, 0.3) is 0 Å². The second kappa shape index (κ2) is 3.70. The smallest absolute Gasteiger partial charge is 0.226 e. The molecule has 0 aromatic rings. The second-order valence-electron chi connectivity index (χ2n) is 5.80. The number of carbonyl (C=O) groups is 1. The number of hydrogen-bond acceptors (Lipinski definition) is 3. The van der Waals surface area contributed by atoms with Crippen LogP contribution in [0.15, 0.2) is 0 Å². The molecule has 1 atom stereocenters. The normalized spacial score (nSPS) is 33.9. The lowest BCUT2D eigenvalue weighted by Gasteiger charge is -2.27. The van der Waals surface area contributed by atoms with E-state index in [2.05, 4.69) is 0 Å². The molecule has 0 aromatic carbocycles. The molecule has 3 fully saturated rings. The van der Waals surface area contributed by atoms with Crippen LogP contribution in [-0.2, 0) is 14.6 Å². The minimum Gasteiger partial charge on any atom is -0.340 e. The molecule has 4 nitrogen and oxygen atoms in total. The zero-order valence-electron chi connectivity index (χ0n) is 10.0. The van der Waals surface area contributed by atoms with E-state index in [9.17, 15) is 13.2 Å². The van der Waals surface area contributed by atoms with E-state index in [1.54, 1.807) is 4.90 Å². The Morgan fingerprint density at radius 1 is 1.12 bits per heavy atom. The van der Waals surface area contributed by atoms with Crippen molar-refractivity contribution in [2.45, 2.75) is 32.1 Å². The van der Waals surface area contributed by atoms with Gasteiger partial charge in [-0.1, -0.05) is 12.8 Å². The highest BCUT2D eigenvalue weighted by molar-refractivity contribution is 7.91. The average Bonchev–Trinajstić information content (AvgIpc) is 2.76. The summed E-state index contributed by atoms with van der Waals surface area (Å²) in [5, 5.41) is 0. The Hall–Kier alpha value is -0.580. The summed E-state index contributed by atoms with van der Waals surface area (Å²) in [5.74, 6) is 0.740. The Kier molecular flexibility index (Phi) is 2.51. The molecule has 2 aliphatic carbocycles. The van der Waals surface area contributed by atoms with Crippen LogP contribution in [-0.4, -0.2) is 43.8 Å². The first kappa shape index (κ1) is 11.5. The van der Waals surface area contributed by atoms with Crippen molar-refractivity contribution < 1.29 is 13.2 Å². The average molecular weight is 257 g/mol. The topological polar surface area (TPSA) is 54.5 Å². The van der Waals surface area contributed by atoms with Gasteiger partial charge in [0.05, 0.1) is 11.5 Å². The molecule has 0 N–H and O–H groups in total. The summed E-state index contributed by atoms with van der Waals surface area (Å²) in [5.41, 5.74) is 0.327. The highest BCUT2D eigenvalue weighted by Crippen LogP contribution is 2.63. The molecule has 1 saturated heterocycles. The van der Waals surface area contributed by atoms with E-state index in [-0.39, 0.29) is 23.3 Å². The van der Waals surface area contributed by atoms with Crippen molar-refractivity contribution in [1.82, 2.24) is 4.90 Å². The predicted molar refractivity (Wildman–Crippen MR) is 64.2 cm³/mol. The molecule has 1 spiro atoms. The third kappa shape index (κ3) is 1.98. The molecule has 1 amide bonds. The summed E-state index contributed by atoms with van der Waals surface area (Å²) in [6.45, 7) is 0.821. The quantitative estimate of drug-likeness (QED) is 0.699. The number of nitrogens with zero attached hydrogens (tertiary/aromatic N) is 1. The molecule has 17 heavy (non-hydrogen) atoms. The fraction of sp³-hybridized carbons (Fsp3) is 0.917. The lowest BCUT2D eigenvalue weighted by molar-refractivity contribution is -0.133. The van der Waals surface area contributed by atoms with Gasteiger partial charge in [-0.2, -0.15) is 0 Å². The molecule has 5 heteroatoms. The zero-order valence-corrected chi connectivity index (χ0v) is 10.8. The second-order valence-corrected chi connectivity index (χ2v) is 8.11. The van der Waals surface area contributed by atoms with E-state index < -0.39 is 9.84 Å². The van der Waals surface area contributed by atoms with Crippen LogP contribution in [0.1, 0.15) is 32.1 Å². The number of sulfone groups is 1. The minimum atomic E-state index is -2.88. The maximum absolute atomic E-state index is 12.3. The van der Waals surface area contributed by atoms with Crippen molar-refractivity contribution in [3.63, 3.8) is 0 Å². The Balaban J connectivity index is 1.61. The number of carbonyl (C=O) groups excluding carboxylic acids is 1. The van der Waals surface area contributed by atoms with Crippen molar-refractivity contribution >= 4 is 15.7 Å². The SMILES string of the molecule is O=C(C1CC12CCCC2)N1CCS(=O)(=O)CC1. The molecular formula is C12H19NO3S. The summed E-state index contributed by atoms with van der Waals surface area (Å²) in [6, 6.07) is 0. The molecule has 2 saturated carbocycles. The van der Waals surface area contributed by atoms with Gasteiger partial charge in [-0.05, 0) is 24.7 Å². The van der Waals surface area contributed by atoms with Gasteiger partial charge in [-0.15, -0.1) is 0 Å². The first-order chi connectivity index (χ1) is 8.03. The summed E-state index contributed by atoms with van der Waals surface area (Å²) in [7, 11) is -2.88. The molecule has 3 aliphatic rings. The highest BCUT2D eigenvalue weighted by Gasteiger charge is 2.59. The molecule has 1 aliphatic heterocycles. The minimum absolute atomic E-state index is 0.151. The Morgan fingerprint density at radius 2 is 1.71 bits per heavy atom. The van der Waals surface area contributed by atoms with Gasteiger partial charge in [0.25, 0.3) is 0 Å². The maximum atomic E-state index is 12.3. The van der Waals surface area contributed by atoms with Crippen LogP contribution >= 0.6 is 0 Å². The van der Waals surface area contributed by atoms with E-state index in [0.717, 1.165) is 6.42 Å². The van der Waals surface area contributed by atoms with Gasteiger partial charge in [0.1, 0.15) is 0 Å². The van der Waals surface area contributed by atoms with Crippen LogP contribution in [0, 0.1) is 11.3 Å². The third-order valence-electron chi connectivity index (χ3n) is 4.74. The Bertz CT molecular complexity index is 423. The van der Waals surface area contributed by atoms with Gasteiger partial charge >= 0.3 is 0 Å². The standard InChI is InChI=1S/C12H19NO3S/c14-11(10-9-12(10)3-1-2-4-12)13-5-7-17(15,16)8-6-13/h10H,1-9H2. The molecular weight excluding hydrogens is 238 g/mol. The Labute approximate surface area is 102 Å². The molecule has 96 valence electrons. The molecule has 0 bridgehead atoms. The Morgan fingerprint density at radius 3 is 2.29 bits per heavy atom. The van der Waals surface area contributed by atoms with Crippen LogP contribution in [0.3, 0.4) is 0 Å². The van der Waals surface area contributed by atoms with Crippen LogP contribution < -0.4 is 0 Å². The van der Waals surface area contributed by atoms with Gasteiger partial charge in [0.2, 0.25) is 5.91 Å². The van der Waals surface area contributed by atoms with Gasteiger partial charge in [-0.25, -0.2) is 8.42 Å². The van der Waals surface area contributed by atoms with Gasteiger partial charge in [0.15, 0.2) is 9.84 Å². The van der Waals surface area contributed by atoms with Gasteiger partial charge in [0, 0.05) is 19.0 Å². The van der Waals surface area contributed by atoms with Crippen molar-refractivity contribution in [2.24, 2.45) is 11.3 Å². The lowest BCUT2D eigenvalue weighted by atomic mass is 10.0. The number of rotatable bonds is 1. The number of hydrogen-bond donors (Lipinski definition) is 0. The summed E-state index contributed by atoms with van der Waals surface area (Å²) >= 11 is 0. The van der Waals surface area contributed by atoms with Crippen molar-refractivity contribution in [1.29, 1.82) is 0 Å². The zero-order chi connectivity index (χ0) is 12.1. The maximum Gasteiger partial charge on any atom is 0.226 e. The monoisotopic (exact) mass is 257 g/mol. The van der Waals surface area contributed by atoms with E-state index in [0.29, 0.717) is 18.5 Å². The molecule has 0 aromatic heterocycles. The summed E-state index contributed by atoms with van der Waals surface area (Å²) < 4.78 is 22.6. The van der Waals surface area contributed by atoms with Gasteiger partial charge in [-0.3, -0.25) is 4.79 Å². The van der Waals surface area contributed by atoms with Gasteiger partial charge < -0.3 is 4.90 Å². The third-order valence-corrected chi connectivity index (χ3v) is 6.35. The van der Waals surface area contributed by atoms with E-state index in [4.69, 9.17) is 0 Å². The van der Waals surface area contributed by atoms with Crippen molar-refractivity contribution in [3.8, 4) is 0 Å². The lowest BCUT2D eigenvalue weighted by Crippen LogP contribution is -2.44. The van der Waals surface area contributed by atoms with Crippen LogP contribution in [0.5, 0.6) is 0 Å². The number of amides is 1. The summed E-state index contributed by atoms with van der Waals surface area (Å²) in [6.07, 6.45) is 5.98. The molecule has 3 rings (SSSR count). The van der Waals surface area contributed by atoms with E-state index in [1.165, 1.54) is 25.7 Å². The predicted octanol–water partition coefficient (Wildman–Crippen LogP) is 0.824. The first-order valence-electron chi connectivity index (χ1n) is 6.52. The van der Waals surface area contributed by atoms with Crippen molar-refractivity contribution in [2.75, 3.05) is 24.6 Å². The highest BCUT2D eigenvalue weighted by atomic mass is 32.2. The summed E-state index contributed by atoms with van der Waals surface area (Å²) in [4.78, 5) is 14.0. The molecule has 0 radical (unpaired) electrons. The largest absolute Gasteiger partial charge is 0.340 e. The first-order valence-corrected chi connectivity index (χ1v) is 8.34. The fourth-order valence-electron chi connectivity index (χ4n) is 3.48. The molecule has 1 unspecified atom stereocenters. The molecule has 1 heterocycles.